The summed E-state index contributed by atoms with van der Waals surface area (Å²) in [4.78, 5) is 23.3. The van der Waals surface area contributed by atoms with E-state index < -0.39 is 11.8 Å². The molecule has 0 aliphatic heterocycles. The molecule has 0 bridgehead atoms. The van der Waals surface area contributed by atoms with Crippen LogP contribution in [-0.4, -0.2) is 30.9 Å². The van der Waals surface area contributed by atoms with Gasteiger partial charge in [-0.15, -0.1) is 0 Å². The van der Waals surface area contributed by atoms with Crippen LogP contribution in [0.25, 0.3) is 22.6 Å². The van der Waals surface area contributed by atoms with Crippen molar-refractivity contribution in [3.8, 4) is 22.6 Å². The summed E-state index contributed by atoms with van der Waals surface area (Å²) in [5.74, 6) is -0.416. The van der Waals surface area contributed by atoms with E-state index >= 15 is 0 Å². The zero-order chi connectivity index (χ0) is 17.3. The predicted molar refractivity (Wildman–Crippen MR) is 82.6 cm³/mol. The van der Waals surface area contributed by atoms with Gasteiger partial charge < -0.3 is 11.5 Å². The number of hydroxylamine groups is 1. The fourth-order valence-electron chi connectivity index (χ4n) is 2.15. The highest BCUT2D eigenvalue weighted by Crippen LogP contribution is 2.30. The molecule has 24 heavy (non-hydrogen) atoms. The van der Waals surface area contributed by atoms with Crippen molar-refractivity contribution in [1.29, 1.82) is 0 Å². The smallest absolute Gasteiger partial charge is 0.359 e. The van der Waals surface area contributed by atoms with Crippen molar-refractivity contribution in [3.63, 3.8) is 0 Å². The molecular formula is C14H12FN7O2. The Morgan fingerprint density at radius 1 is 1.21 bits per heavy atom. The number of nitrogen functional groups attached to an aromatic ring is 1. The summed E-state index contributed by atoms with van der Waals surface area (Å²) in [6.07, 6.45) is 2.59. The number of primary amides is 1. The van der Waals surface area contributed by atoms with Crippen LogP contribution in [0, 0.1) is 5.82 Å². The molecular weight excluding hydrogens is 317 g/mol. The van der Waals surface area contributed by atoms with E-state index in [9.17, 15) is 14.4 Å². The first kappa shape index (κ1) is 15.4. The summed E-state index contributed by atoms with van der Waals surface area (Å²) < 4.78 is 14.1. The zero-order valence-corrected chi connectivity index (χ0v) is 12.2. The van der Waals surface area contributed by atoms with E-state index in [-0.39, 0.29) is 16.8 Å². The zero-order valence-electron chi connectivity index (χ0n) is 12.2. The first-order valence-electron chi connectivity index (χ1n) is 6.68. The summed E-state index contributed by atoms with van der Waals surface area (Å²) in [5, 5.41) is 10.0. The van der Waals surface area contributed by atoms with Gasteiger partial charge in [-0.3, -0.25) is 5.21 Å². The number of rotatable bonds is 3. The lowest BCUT2D eigenvalue weighted by molar-refractivity contribution is 0.172. The fourth-order valence-corrected chi connectivity index (χ4v) is 2.15. The first-order chi connectivity index (χ1) is 11.5. The quantitative estimate of drug-likeness (QED) is 0.487. The van der Waals surface area contributed by atoms with Crippen molar-refractivity contribution >= 4 is 12.0 Å². The topological polar surface area (TPSA) is 136 Å². The summed E-state index contributed by atoms with van der Waals surface area (Å²) >= 11 is 0. The number of halogens is 1. The third-order valence-corrected chi connectivity index (χ3v) is 3.19. The number of hydrogen-bond acceptors (Lipinski definition) is 6. The molecule has 0 spiro atoms. The number of hydrogen-bond donors (Lipinski definition) is 3. The summed E-state index contributed by atoms with van der Waals surface area (Å²) in [7, 11) is 0. The third-order valence-electron chi connectivity index (χ3n) is 3.19. The number of anilines is 1. The minimum Gasteiger partial charge on any atom is -0.368 e. The van der Waals surface area contributed by atoms with Crippen LogP contribution in [0.3, 0.4) is 0 Å². The van der Waals surface area contributed by atoms with E-state index in [0.717, 1.165) is 4.68 Å². The van der Waals surface area contributed by atoms with Gasteiger partial charge in [0.25, 0.3) is 0 Å². The van der Waals surface area contributed by atoms with Gasteiger partial charge in [0, 0.05) is 11.8 Å². The van der Waals surface area contributed by atoms with Crippen LogP contribution >= 0.6 is 0 Å². The Labute approximate surface area is 134 Å². The SMILES string of the molecule is NC(=O)N(O)n1cnc(-c2ccc(F)cc2)c1-c1ccnc(N)n1. The standard InChI is InChI=1S/C14H12FN7O2/c15-9-3-1-8(2-4-9)11-12(10-5-6-18-13(16)20-10)21(7-19-11)22(24)14(17)23/h1-7,24H,(H2,17,23)(H2,16,18,20). The van der Waals surface area contributed by atoms with Gasteiger partial charge in [-0.05, 0) is 30.3 Å². The Hall–Kier alpha value is -3.53. The van der Waals surface area contributed by atoms with Gasteiger partial charge in [0.15, 0.2) is 0 Å². The van der Waals surface area contributed by atoms with E-state index in [1.807, 2.05) is 0 Å². The van der Waals surface area contributed by atoms with Crippen LogP contribution in [0.5, 0.6) is 0 Å². The lowest BCUT2D eigenvalue weighted by Gasteiger charge is -2.16. The molecule has 2 heterocycles. The number of amides is 2. The molecule has 0 radical (unpaired) electrons. The Balaban J connectivity index is 2.23. The molecule has 122 valence electrons. The van der Waals surface area contributed by atoms with Crippen molar-refractivity contribution in [1.82, 2.24) is 19.6 Å². The molecule has 5 N–H and O–H groups in total. The van der Waals surface area contributed by atoms with Crippen molar-refractivity contribution in [2.75, 3.05) is 10.9 Å². The first-order valence-corrected chi connectivity index (χ1v) is 6.68. The van der Waals surface area contributed by atoms with Gasteiger partial charge in [0.05, 0.1) is 5.69 Å². The molecule has 0 aliphatic carbocycles. The van der Waals surface area contributed by atoms with Crippen LogP contribution in [-0.2, 0) is 0 Å². The minimum absolute atomic E-state index is 0.00568. The maximum Gasteiger partial charge on any atom is 0.359 e. The van der Waals surface area contributed by atoms with Crippen molar-refractivity contribution in [2.24, 2.45) is 5.73 Å². The largest absolute Gasteiger partial charge is 0.368 e. The summed E-state index contributed by atoms with van der Waals surface area (Å²) in [6, 6.07) is 5.92. The molecule has 0 atom stereocenters. The van der Waals surface area contributed by atoms with Crippen molar-refractivity contribution in [2.45, 2.75) is 0 Å². The second kappa shape index (κ2) is 5.93. The highest BCUT2D eigenvalue weighted by molar-refractivity contribution is 5.83. The summed E-state index contributed by atoms with van der Waals surface area (Å²) in [5.41, 5.74) is 12.1. The van der Waals surface area contributed by atoms with Gasteiger partial charge >= 0.3 is 6.03 Å². The molecule has 0 fully saturated rings. The fraction of sp³-hybridized carbons (Fsp3) is 0. The Morgan fingerprint density at radius 3 is 2.54 bits per heavy atom. The van der Waals surface area contributed by atoms with Gasteiger partial charge in [-0.1, -0.05) is 5.17 Å². The van der Waals surface area contributed by atoms with Crippen molar-refractivity contribution < 1.29 is 14.4 Å². The van der Waals surface area contributed by atoms with Crippen LogP contribution in [0.1, 0.15) is 0 Å². The number of urea groups is 1. The lowest BCUT2D eigenvalue weighted by atomic mass is 10.1. The normalized spacial score (nSPS) is 10.6. The molecule has 2 amide bonds. The minimum atomic E-state index is -1.12. The number of aromatic nitrogens is 4. The Morgan fingerprint density at radius 2 is 1.92 bits per heavy atom. The molecule has 2 aromatic heterocycles. The van der Waals surface area contributed by atoms with Crippen LogP contribution in [0.2, 0.25) is 0 Å². The number of imidazole rings is 1. The molecule has 9 nitrogen and oxygen atoms in total. The molecule has 10 heteroatoms. The Bertz CT molecular complexity index is 894. The number of carbonyl (C=O) groups excluding carboxylic acids is 1. The Kier molecular flexibility index (Phi) is 3.80. The van der Waals surface area contributed by atoms with Gasteiger partial charge in [0.1, 0.15) is 23.5 Å². The number of nitrogens with zero attached hydrogens (tertiary/aromatic N) is 5. The summed E-state index contributed by atoms with van der Waals surface area (Å²) in [6.45, 7) is 0. The van der Waals surface area contributed by atoms with Crippen LogP contribution in [0.4, 0.5) is 15.1 Å². The number of nitrogens with two attached hydrogens (primary N) is 2. The second-order valence-electron chi connectivity index (χ2n) is 4.72. The maximum absolute atomic E-state index is 13.1. The highest BCUT2D eigenvalue weighted by atomic mass is 19.1. The number of benzene rings is 1. The van der Waals surface area contributed by atoms with E-state index in [2.05, 4.69) is 15.0 Å². The van der Waals surface area contributed by atoms with Gasteiger partial charge in [-0.2, -0.15) is 0 Å². The van der Waals surface area contributed by atoms with Crippen LogP contribution in [0.15, 0.2) is 42.9 Å². The molecule has 3 rings (SSSR count). The average Bonchev–Trinajstić information content (AvgIpc) is 2.99. The van der Waals surface area contributed by atoms with Gasteiger partial charge in [-0.25, -0.2) is 28.8 Å². The van der Waals surface area contributed by atoms with E-state index in [4.69, 9.17) is 11.5 Å². The molecule has 0 aliphatic rings. The molecule has 3 aromatic rings. The monoisotopic (exact) mass is 329 g/mol. The third kappa shape index (κ3) is 2.73. The number of carbonyl (C=O) groups is 1. The molecule has 1 aromatic carbocycles. The predicted octanol–water partition coefficient (Wildman–Crippen LogP) is 1.13. The van der Waals surface area contributed by atoms with E-state index in [1.165, 1.54) is 42.9 Å². The highest BCUT2D eigenvalue weighted by Gasteiger charge is 2.21. The molecule has 0 unspecified atom stereocenters. The van der Waals surface area contributed by atoms with Gasteiger partial charge in [0.2, 0.25) is 5.95 Å². The molecule has 0 saturated heterocycles. The lowest BCUT2D eigenvalue weighted by Crippen LogP contribution is -2.41. The van der Waals surface area contributed by atoms with Crippen LogP contribution < -0.4 is 16.6 Å². The molecule has 0 saturated carbocycles. The maximum atomic E-state index is 13.1. The van der Waals surface area contributed by atoms with E-state index in [0.29, 0.717) is 17.0 Å². The van der Waals surface area contributed by atoms with Crippen molar-refractivity contribution in [3.05, 3.63) is 48.7 Å². The average molecular weight is 329 g/mol. The second-order valence-corrected chi connectivity index (χ2v) is 4.72. The van der Waals surface area contributed by atoms with E-state index in [1.54, 1.807) is 0 Å².